The first kappa shape index (κ1) is 7.47. The molecule has 0 spiro atoms. The van der Waals surface area contributed by atoms with Gasteiger partial charge in [0.1, 0.15) is 5.15 Å². The molecule has 1 aromatic rings. The van der Waals surface area contributed by atoms with Crippen molar-refractivity contribution in [3.8, 4) is 0 Å². The van der Waals surface area contributed by atoms with Crippen LogP contribution in [0.3, 0.4) is 0 Å². The fraction of sp³-hybridized carbons (Fsp3) is 0.167. The number of hydrogen-bond donors (Lipinski definition) is 2. The van der Waals surface area contributed by atoms with E-state index in [2.05, 4.69) is 4.98 Å². The minimum Gasteiger partial charge on any atom is -0.316 e. The van der Waals surface area contributed by atoms with Gasteiger partial charge in [0, 0.05) is 12.7 Å². The zero-order valence-electron chi connectivity index (χ0n) is 5.21. The molecule has 1 heterocycles. The third-order valence-electron chi connectivity index (χ3n) is 1.07. The molecule has 0 radical (unpaired) electrons. The molecule has 0 atom stereocenters. The summed E-state index contributed by atoms with van der Waals surface area (Å²) in [6, 6.07) is 3.46. The molecule has 10 heavy (non-hydrogen) atoms. The Labute approximate surface area is 63.6 Å². The molecule has 54 valence electrons. The topological polar surface area (TPSA) is 45.1 Å². The van der Waals surface area contributed by atoms with Crippen LogP contribution in [0.4, 0.5) is 0 Å². The number of nitrogens with zero attached hydrogens (tertiary/aromatic N) is 1. The summed E-state index contributed by atoms with van der Waals surface area (Å²) in [6.45, 7) is 0.391. The molecule has 0 unspecified atom stereocenters. The lowest BCUT2D eigenvalue weighted by molar-refractivity contribution is 0.161. The van der Waals surface area contributed by atoms with Crippen molar-refractivity contribution >= 4 is 11.6 Å². The van der Waals surface area contributed by atoms with Gasteiger partial charge in [0.15, 0.2) is 0 Å². The van der Waals surface area contributed by atoms with Gasteiger partial charge in [-0.3, -0.25) is 0 Å². The van der Waals surface area contributed by atoms with Crippen LogP contribution in [0.15, 0.2) is 18.3 Å². The number of pyridine rings is 1. The number of hydrogen-bond acceptors (Lipinski definition) is 3. The van der Waals surface area contributed by atoms with Gasteiger partial charge in [-0.2, -0.15) is 0 Å². The van der Waals surface area contributed by atoms with Crippen LogP contribution in [-0.2, 0) is 6.54 Å². The van der Waals surface area contributed by atoms with Gasteiger partial charge >= 0.3 is 0 Å². The molecule has 0 aliphatic rings. The number of nitrogens with one attached hydrogen (secondary N) is 1. The lowest BCUT2D eigenvalue weighted by atomic mass is 10.3. The van der Waals surface area contributed by atoms with E-state index in [4.69, 9.17) is 16.8 Å². The monoisotopic (exact) mass is 158 g/mol. The lowest BCUT2D eigenvalue weighted by Gasteiger charge is -1.96. The van der Waals surface area contributed by atoms with Crippen molar-refractivity contribution in [1.82, 2.24) is 10.5 Å². The van der Waals surface area contributed by atoms with Crippen LogP contribution in [0.1, 0.15) is 5.56 Å². The minimum absolute atomic E-state index is 0.391. The molecule has 0 saturated carbocycles. The smallest absolute Gasteiger partial charge is 0.129 e. The van der Waals surface area contributed by atoms with Gasteiger partial charge in [-0.1, -0.05) is 11.6 Å². The van der Waals surface area contributed by atoms with Crippen molar-refractivity contribution in [3.05, 3.63) is 29.0 Å². The summed E-state index contributed by atoms with van der Waals surface area (Å²) in [5.41, 5.74) is 2.93. The van der Waals surface area contributed by atoms with E-state index in [1.165, 1.54) is 0 Å². The summed E-state index contributed by atoms with van der Waals surface area (Å²) in [5, 5.41) is 8.73. The molecule has 0 aliphatic heterocycles. The first-order chi connectivity index (χ1) is 4.83. The Morgan fingerprint density at radius 3 is 3.10 bits per heavy atom. The van der Waals surface area contributed by atoms with E-state index >= 15 is 0 Å². The van der Waals surface area contributed by atoms with E-state index < -0.39 is 0 Å². The highest BCUT2D eigenvalue weighted by atomic mass is 35.5. The standard InChI is InChI=1S/C6H7ClN2O/c7-6-3-5(4-9-10)1-2-8-6/h1-3,9-10H,4H2. The van der Waals surface area contributed by atoms with Crippen LogP contribution < -0.4 is 5.48 Å². The lowest BCUT2D eigenvalue weighted by Crippen LogP contribution is -2.05. The third-order valence-corrected chi connectivity index (χ3v) is 1.28. The van der Waals surface area contributed by atoms with E-state index in [1.807, 2.05) is 5.48 Å². The van der Waals surface area contributed by atoms with Crippen molar-refractivity contribution in [2.24, 2.45) is 0 Å². The van der Waals surface area contributed by atoms with E-state index in [0.29, 0.717) is 11.7 Å². The maximum absolute atomic E-state index is 8.30. The summed E-state index contributed by atoms with van der Waals surface area (Å²) in [6.07, 6.45) is 1.59. The van der Waals surface area contributed by atoms with Gasteiger partial charge in [-0.05, 0) is 17.7 Å². The summed E-state index contributed by atoms with van der Waals surface area (Å²) in [5.74, 6) is 0. The first-order valence-corrected chi connectivity index (χ1v) is 3.18. The molecule has 0 fully saturated rings. The van der Waals surface area contributed by atoms with Crippen LogP contribution in [-0.4, -0.2) is 10.2 Å². The molecular weight excluding hydrogens is 152 g/mol. The summed E-state index contributed by atoms with van der Waals surface area (Å²) >= 11 is 5.56. The highest BCUT2D eigenvalue weighted by molar-refractivity contribution is 6.29. The van der Waals surface area contributed by atoms with Crippen LogP contribution in [0.25, 0.3) is 0 Å². The molecule has 1 aromatic heterocycles. The predicted octanol–water partition coefficient (Wildman–Crippen LogP) is 1.21. The van der Waals surface area contributed by atoms with Gasteiger partial charge in [0.25, 0.3) is 0 Å². The third kappa shape index (κ3) is 1.95. The van der Waals surface area contributed by atoms with Crippen LogP contribution in [0.5, 0.6) is 0 Å². The molecular formula is C6H7ClN2O. The van der Waals surface area contributed by atoms with E-state index in [1.54, 1.807) is 18.3 Å². The van der Waals surface area contributed by atoms with Gasteiger partial charge in [-0.25, -0.2) is 10.5 Å². The highest BCUT2D eigenvalue weighted by Crippen LogP contribution is 2.05. The highest BCUT2D eigenvalue weighted by Gasteiger charge is 1.91. The van der Waals surface area contributed by atoms with Gasteiger partial charge < -0.3 is 5.21 Å². The second-order valence-corrected chi connectivity index (χ2v) is 2.21. The van der Waals surface area contributed by atoms with Crippen molar-refractivity contribution < 1.29 is 5.21 Å². The summed E-state index contributed by atoms with van der Waals surface area (Å²) in [4.78, 5) is 3.78. The molecule has 1 rings (SSSR count). The number of aromatic nitrogens is 1. The molecule has 0 aliphatic carbocycles. The zero-order valence-corrected chi connectivity index (χ0v) is 5.97. The largest absolute Gasteiger partial charge is 0.316 e. The molecule has 0 amide bonds. The van der Waals surface area contributed by atoms with Crippen molar-refractivity contribution in [2.75, 3.05) is 0 Å². The SMILES string of the molecule is ONCc1ccnc(Cl)c1. The molecule has 0 saturated heterocycles. The van der Waals surface area contributed by atoms with E-state index in [-0.39, 0.29) is 0 Å². The Morgan fingerprint density at radius 1 is 1.70 bits per heavy atom. The quantitative estimate of drug-likeness (QED) is 0.503. The van der Waals surface area contributed by atoms with Gasteiger partial charge in [0.2, 0.25) is 0 Å². The van der Waals surface area contributed by atoms with Crippen LogP contribution in [0, 0.1) is 0 Å². The zero-order chi connectivity index (χ0) is 7.40. The predicted molar refractivity (Wildman–Crippen MR) is 37.9 cm³/mol. The number of halogens is 1. The summed E-state index contributed by atoms with van der Waals surface area (Å²) < 4.78 is 0. The van der Waals surface area contributed by atoms with E-state index in [0.717, 1.165) is 5.56 Å². The molecule has 0 bridgehead atoms. The fourth-order valence-corrected chi connectivity index (χ4v) is 0.840. The van der Waals surface area contributed by atoms with Crippen molar-refractivity contribution in [2.45, 2.75) is 6.54 Å². The second-order valence-electron chi connectivity index (χ2n) is 1.82. The van der Waals surface area contributed by atoms with Crippen LogP contribution in [0.2, 0.25) is 5.15 Å². The Hall–Kier alpha value is -0.640. The van der Waals surface area contributed by atoms with E-state index in [9.17, 15) is 0 Å². The molecule has 4 heteroatoms. The normalized spacial score (nSPS) is 9.80. The van der Waals surface area contributed by atoms with Gasteiger partial charge in [-0.15, -0.1) is 0 Å². The fourth-order valence-electron chi connectivity index (χ4n) is 0.644. The molecule has 0 aromatic carbocycles. The average molecular weight is 159 g/mol. The number of hydroxylamine groups is 1. The Bertz CT molecular complexity index is 217. The average Bonchev–Trinajstić information content (AvgIpc) is 1.88. The first-order valence-electron chi connectivity index (χ1n) is 2.80. The molecule has 3 nitrogen and oxygen atoms in total. The Balaban J connectivity index is 2.75. The van der Waals surface area contributed by atoms with Crippen molar-refractivity contribution in [1.29, 1.82) is 0 Å². The minimum atomic E-state index is 0.391. The number of rotatable bonds is 2. The molecule has 2 N–H and O–H groups in total. The van der Waals surface area contributed by atoms with Gasteiger partial charge in [0.05, 0.1) is 0 Å². The van der Waals surface area contributed by atoms with Crippen molar-refractivity contribution in [3.63, 3.8) is 0 Å². The summed E-state index contributed by atoms with van der Waals surface area (Å²) in [7, 11) is 0. The van der Waals surface area contributed by atoms with Crippen LogP contribution >= 0.6 is 11.6 Å². The maximum Gasteiger partial charge on any atom is 0.129 e. The second kappa shape index (κ2) is 3.51. The Morgan fingerprint density at radius 2 is 2.50 bits per heavy atom. The Kier molecular flexibility index (Phi) is 2.62. The maximum atomic E-state index is 8.30.